The van der Waals surface area contributed by atoms with Gasteiger partial charge in [-0.3, -0.25) is 9.36 Å². The molecule has 1 aliphatic rings. The van der Waals surface area contributed by atoms with Crippen LogP contribution in [0.5, 0.6) is 0 Å². The minimum atomic E-state index is -0.306. The van der Waals surface area contributed by atoms with Crippen molar-refractivity contribution in [3.05, 3.63) is 23.8 Å². The SMILES string of the molecule is Cc1cccc2c1nc(N)n2C(C)C(=O)N1CCCC1. The molecule has 106 valence electrons. The molecule has 1 unspecified atom stereocenters. The second-order valence-corrected chi connectivity index (χ2v) is 5.49. The molecule has 0 aliphatic carbocycles. The third-order valence-corrected chi connectivity index (χ3v) is 4.11. The molecule has 1 amide bonds. The second-order valence-electron chi connectivity index (χ2n) is 5.49. The Labute approximate surface area is 118 Å². The summed E-state index contributed by atoms with van der Waals surface area (Å²) in [7, 11) is 0. The van der Waals surface area contributed by atoms with E-state index in [2.05, 4.69) is 4.98 Å². The van der Waals surface area contributed by atoms with E-state index in [1.165, 1.54) is 0 Å². The van der Waals surface area contributed by atoms with Crippen molar-refractivity contribution >= 4 is 22.9 Å². The molecule has 1 saturated heterocycles. The fourth-order valence-corrected chi connectivity index (χ4v) is 2.99. The Morgan fingerprint density at radius 2 is 2.05 bits per heavy atom. The first-order chi connectivity index (χ1) is 9.59. The van der Waals surface area contributed by atoms with Crippen LogP contribution >= 0.6 is 0 Å². The van der Waals surface area contributed by atoms with Gasteiger partial charge in [0.15, 0.2) is 0 Å². The van der Waals surface area contributed by atoms with Crippen molar-refractivity contribution in [2.45, 2.75) is 32.7 Å². The van der Waals surface area contributed by atoms with Gasteiger partial charge >= 0.3 is 0 Å². The highest BCUT2D eigenvalue weighted by Gasteiger charge is 2.27. The van der Waals surface area contributed by atoms with E-state index in [9.17, 15) is 4.79 Å². The van der Waals surface area contributed by atoms with Gasteiger partial charge in [0.05, 0.1) is 11.0 Å². The van der Waals surface area contributed by atoms with Gasteiger partial charge in [0.1, 0.15) is 6.04 Å². The maximum atomic E-state index is 12.5. The topological polar surface area (TPSA) is 64.1 Å². The average Bonchev–Trinajstić information content (AvgIpc) is 3.05. The van der Waals surface area contributed by atoms with Crippen molar-refractivity contribution in [2.75, 3.05) is 18.8 Å². The number of aromatic nitrogens is 2. The summed E-state index contributed by atoms with van der Waals surface area (Å²) in [6.45, 7) is 5.62. The zero-order valence-electron chi connectivity index (χ0n) is 12.0. The van der Waals surface area contributed by atoms with E-state index in [4.69, 9.17) is 5.73 Å². The molecule has 5 heteroatoms. The lowest BCUT2D eigenvalue weighted by atomic mass is 10.2. The Bertz CT molecular complexity index is 655. The van der Waals surface area contributed by atoms with Crippen LogP contribution in [-0.2, 0) is 4.79 Å². The summed E-state index contributed by atoms with van der Waals surface area (Å²) in [4.78, 5) is 18.9. The molecule has 2 N–H and O–H groups in total. The Hall–Kier alpha value is -2.04. The molecule has 1 aliphatic heterocycles. The molecule has 1 atom stereocenters. The van der Waals surface area contributed by atoms with Crippen molar-refractivity contribution in [1.82, 2.24) is 14.5 Å². The van der Waals surface area contributed by atoms with E-state index >= 15 is 0 Å². The number of hydrogen-bond donors (Lipinski definition) is 1. The zero-order valence-corrected chi connectivity index (χ0v) is 12.0. The number of likely N-dealkylation sites (tertiary alicyclic amines) is 1. The lowest BCUT2D eigenvalue weighted by Crippen LogP contribution is -2.34. The number of rotatable bonds is 2. The number of nitrogens with two attached hydrogens (primary N) is 1. The molecule has 20 heavy (non-hydrogen) atoms. The van der Waals surface area contributed by atoms with Crippen molar-refractivity contribution in [1.29, 1.82) is 0 Å². The first kappa shape index (κ1) is 13.0. The summed E-state index contributed by atoms with van der Waals surface area (Å²) in [6.07, 6.45) is 2.19. The number of aryl methyl sites for hydroxylation is 1. The Morgan fingerprint density at radius 3 is 2.75 bits per heavy atom. The van der Waals surface area contributed by atoms with Crippen molar-refractivity contribution < 1.29 is 4.79 Å². The first-order valence-electron chi connectivity index (χ1n) is 7.11. The Morgan fingerprint density at radius 1 is 1.35 bits per heavy atom. The number of carbonyl (C=O) groups is 1. The number of fused-ring (bicyclic) bond motifs is 1. The smallest absolute Gasteiger partial charge is 0.245 e. The van der Waals surface area contributed by atoms with Gasteiger partial charge in [-0.1, -0.05) is 12.1 Å². The third-order valence-electron chi connectivity index (χ3n) is 4.11. The maximum Gasteiger partial charge on any atom is 0.245 e. The molecule has 1 aromatic carbocycles. The van der Waals surface area contributed by atoms with Crippen LogP contribution in [0.2, 0.25) is 0 Å². The number of anilines is 1. The molecule has 1 fully saturated rings. The van der Waals surface area contributed by atoms with Crippen molar-refractivity contribution in [3.8, 4) is 0 Å². The highest BCUT2D eigenvalue weighted by atomic mass is 16.2. The summed E-state index contributed by atoms with van der Waals surface area (Å²) in [5.74, 6) is 0.546. The van der Waals surface area contributed by atoms with E-state index in [0.29, 0.717) is 5.95 Å². The van der Waals surface area contributed by atoms with Crippen LogP contribution in [0.4, 0.5) is 5.95 Å². The van der Waals surface area contributed by atoms with Crippen LogP contribution in [0.1, 0.15) is 31.4 Å². The predicted octanol–water partition coefficient (Wildman–Crippen LogP) is 2.11. The van der Waals surface area contributed by atoms with Crippen LogP contribution in [0.3, 0.4) is 0 Å². The third kappa shape index (κ3) is 1.94. The number of para-hydroxylation sites is 1. The van der Waals surface area contributed by atoms with E-state index < -0.39 is 0 Å². The molecule has 2 aromatic rings. The summed E-state index contributed by atoms with van der Waals surface area (Å²) >= 11 is 0. The molecule has 0 radical (unpaired) electrons. The van der Waals surface area contributed by atoms with Crippen molar-refractivity contribution in [2.24, 2.45) is 0 Å². The molecule has 2 heterocycles. The normalized spacial score (nSPS) is 16.8. The monoisotopic (exact) mass is 272 g/mol. The summed E-state index contributed by atoms with van der Waals surface area (Å²) in [5.41, 5.74) is 8.93. The van der Waals surface area contributed by atoms with Gasteiger partial charge < -0.3 is 10.6 Å². The predicted molar refractivity (Wildman–Crippen MR) is 79.4 cm³/mol. The number of nitrogen functional groups attached to an aromatic ring is 1. The van der Waals surface area contributed by atoms with Crippen LogP contribution in [0.15, 0.2) is 18.2 Å². The number of carbonyl (C=O) groups excluding carboxylic acids is 1. The molecule has 0 saturated carbocycles. The van der Waals surface area contributed by atoms with Gasteiger partial charge in [0, 0.05) is 13.1 Å². The Kier molecular flexibility index (Phi) is 3.12. The molecular weight excluding hydrogens is 252 g/mol. The summed E-state index contributed by atoms with van der Waals surface area (Å²) < 4.78 is 1.85. The van der Waals surface area contributed by atoms with Gasteiger partial charge in [0.25, 0.3) is 0 Å². The van der Waals surface area contributed by atoms with Crippen LogP contribution in [0, 0.1) is 6.92 Å². The summed E-state index contributed by atoms with van der Waals surface area (Å²) in [6, 6.07) is 5.65. The largest absolute Gasteiger partial charge is 0.369 e. The van der Waals surface area contributed by atoms with E-state index in [0.717, 1.165) is 42.5 Å². The number of amides is 1. The number of benzene rings is 1. The molecule has 1 aromatic heterocycles. The molecule has 3 rings (SSSR count). The first-order valence-corrected chi connectivity index (χ1v) is 7.11. The van der Waals surface area contributed by atoms with E-state index in [-0.39, 0.29) is 11.9 Å². The fourth-order valence-electron chi connectivity index (χ4n) is 2.99. The van der Waals surface area contributed by atoms with Gasteiger partial charge in [-0.2, -0.15) is 0 Å². The lowest BCUT2D eigenvalue weighted by Gasteiger charge is -2.22. The molecule has 0 bridgehead atoms. The van der Waals surface area contributed by atoms with E-state index in [1.54, 1.807) is 0 Å². The summed E-state index contributed by atoms with van der Waals surface area (Å²) in [5, 5.41) is 0. The molecular formula is C15H20N4O. The van der Waals surface area contributed by atoms with Gasteiger partial charge in [-0.25, -0.2) is 4.98 Å². The van der Waals surface area contributed by atoms with Crippen molar-refractivity contribution in [3.63, 3.8) is 0 Å². The number of hydrogen-bond acceptors (Lipinski definition) is 3. The minimum absolute atomic E-state index is 0.134. The number of nitrogens with zero attached hydrogens (tertiary/aromatic N) is 3. The molecule has 0 spiro atoms. The standard InChI is InChI=1S/C15H20N4O/c1-10-6-5-7-12-13(10)17-15(16)19(12)11(2)14(20)18-8-3-4-9-18/h5-7,11H,3-4,8-9H2,1-2H3,(H2,16,17). The molecule has 5 nitrogen and oxygen atoms in total. The average molecular weight is 272 g/mol. The Balaban J connectivity index is 2.02. The number of imidazole rings is 1. The van der Waals surface area contributed by atoms with Gasteiger partial charge in [-0.15, -0.1) is 0 Å². The zero-order chi connectivity index (χ0) is 14.3. The minimum Gasteiger partial charge on any atom is -0.369 e. The van der Waals surface area contributed by atoms with E-state index in [1.807, 2.05) is 41.5 Å². The van der Waals surface area contributed by atoms with Crippen LogP contribution in [0.25, 0.3) is 11.0 Å². The van der Waals surface area contributed by atoms with Crippen LogP contribution < -0.4 is 5.73 Å². The van der Waals surface area contributed by atoms with Crippen LogP contribution in [-0.4, -0.2) is 33.4 Å². The van der Waals surface area contributed by atoms with Gasteiger partial charge in [-0.05, 0) is 38.3 Å². The highest BCUT2D eigenvalue weighted by molar-refractivity contribution is 5.87. The highest BCUT2D eigenvalue weighted by Crippen LogP contribution is 2.26. The second kappa shape index (κ2) is 4.81. The lowest BCUT2D eigenvalue weighted by molar-refractivity contribution is -0.133. The maximum absolute atomic E-state index is 12.5. The van der Waals surface area contributed by atoms with Gasteiger partial charge in [0.2, 0.25) is 11.9 Å². The fraction of sp³-hybridized carbons (Fsp3) is 0.467. The quantitative estimate of drug-likeness (QED) is 0.910.